The minimum Gasteiger partial charge on any atom is -0.294 e. The first kappa shape index (κ1) is 35.3. The van der Waals surface area contributed by atoms with Crippen LogP contribution >= 0.6 is 68.0 Å². The molecule has 254 valence electrons. The van der Waals surface area contributed by atoms with Crippen molar-refractivity contribution >= 4 is 121 Å². The number of thiophene rings is 6. The SMILES string of the molecule is CCCCCCc1csc(-c2cc(CCCCCC)c(Bc3sc(-c4cc5c(C)c6sc(C)cc6c(C)c5s4)c4sc(C(C)=O)cc34)s2)c1. The summed E-state index contributed by atoms with van der Waals surface area (Å²) < 4.78 is 7.03. The summed E-state index contributed by atoms with van der Waals surface area (Å²) in [6.07, 6.45) is 12.7. The highest BCUT2D eigenvalue weighted by atomic mass is 32.1. The molecule has 0 atom stereocenters. The van der Waals surface area contributed by atoms with E-state index >= 15 is 0 Å². The van der Waals surface area contributed by atoms with Crippen molar-refractivity contribution in [2.24, 2.45) is 0 Å². The minimum atomic E-state index is 0.167. The quantitative estimate of drug-likeness (QED) is 0.0578. The number of carbonyl (C=O) groups excluding carboxylic acids is 1. The molecule has 7 aromatic rings. The normalized spacial score (nSPS) is 12.0. The molecule has 0 aliphatic rings. The number of hydrogen-bond donors (Lipinski definition) is 0. The lowest BCUT2D eigenvalue weighted by molar-refractivity contribution is 0.102. The van der Waals surface area contributed by atoms with E-state index in [0.717, 1.165) is 18.6 Å². The Morgan fingerprint density at radius 2 is 1.35 bits per heavy atom. The van der Waals surface area contributed by atoms with Gasteiger partial charge >= 0.3 is 0 Å². The topological polar surface area (TPSA) is 17.1 Å². The molecule has 0 N–H and O–H groups in total. The molecule has 0 unspecified atom stereocenters. The molecule has 0 saturated carbocycles. The van der Waals surface area contributed by atoms with Crippen molar-refractivity contribution in [1.29, 1.82) is 0 Å². The monoisotopic (exact) mass is 756 g/mol. The Balaban J connectivity index is 1.27. The molecule has 0 fully saturated rings. The van der Waals surface area contributed by atoms with Crippen LogP contribution in [0.4, 0.5) is 0 Å². The van der Waals surface area contributed by atoms with Crippen LogP contribution < -0.4 is 9.55 Å². The van der Waals surface area contributed by atoms with E-state index in [2.05, 4.69) is 70.3 Å². The van der Waals surface area contributed by atoms with Crippen LogP contribution in [0.3, 0.4) is 0 Å². The second-order valence-electron chi connectivity index (χ2n) is 13.6. The second-order valence-corrected chi connectivity index (χ2v) is 20.2. The summed E-state index contributed by atoms with van der Waals surface area (Å²) in [4.78, 5) is 20.5. The molecular weight excluding hydrogens is 712 g/mol. The number of unbranched alkanes of at least 4 members (excludes halogenated alkanes) is 6. The van der Waals surface area contributed by atoms with Gasteiger partial charge in [-0.2, -0.15) is 0 Å². The van der Waals surface area contributed by atoms with Crippen molar-refractivity contribution in [2.45, 2.75) is 106 Å². The van der Waals surface area contributed by atoms with Crippen LogP contribution in [0.15, 0.2) is 35.7 Å². The Bertz CT molecular complexity index is 2210. The average Bonchev–Trinajstić information content (AvgIpc) is 3.92. The number of hydrogen-bond acceptors (Lipinski definition) is 7. The first-order chi connectivity index (χ1) is 23.7. The molecule has 1 aromatic carbocycles. The van der Waals surface area contributed by atoms with Crippen molar-refractivity contribution in [2.75, 3.05) is 0 Å². The molecule has 0 aliphatic carbocycles. The fraction of sp³-hybridized carbons (Fsp3) is 0.390. The molecule has 49 heavy (non-hydrogen) atoms. The Labute approximate surface area is 316 Å². The maximum Gasteiger partial charge on any atom is 0.219 e. The van der Waals surface area contributed by atoms with Crippen molar-refractivity contribution in [1.82, 2.24) is 0 Å². The van der Waals surface area contributed by atoms with Gasteiger partial charge in [-0.1, -0.05) is 52.4 Å². The van der Waals surface area contributed by atoms with Crippen LogP contribution in [-0.4, -0.2) is 13.1 Å². The Morgan fingerprint density at radius 3 is 2.08 bits per heavy atom. The van der Waals surface area contributed by atoms with E-state index in [0.29, 0.717) is 0 Å². The average molecular weight is 757 g/mol. The molecule has 0 spiro atoms. The molecule has 0 radical (unpaired) electrons. The lowest BCUT2D eigenvalue weighted by atomic mass is 9.71. The van der Waals surface area contributed by atoms with Crippen LogP contribution in [0.1, 0.15) is 109 Å². The van der Waals surface area contributed by atoms with Gasteiger partial charge in [-0.25, -0.2) is 0 Å². The largest absolute Gasteiger partial charge is 0.294 e. The van der Waals surface area contributed by atoms with E-state index in [1.165, 1.54) is 144 Å². The van der Waals surface area contributed by atoms with E-state index in [1.54, 1.807) is 18.3 Å². The van der Waals surface area contributed by atoms with Crippen LogP contribution in [0, 0.1) is 20.8 Å². The van der Waals surface area contributed by atoms with E-state index < -0.39 is 0 Å². The third-order valence-corrected chi connectivity index (χ3v) is 17.4. The van der Waals surface area contributed by atoms with Gasteiger partial charge in [0.25, 0.3) is 0 Å². The van der Waals surface area contributed by atoms with Crippen molar-refractivity contribution in [3.05, 3.63) is 67.7 Å². The lowest BCUT2D eigenvalue weighted by Crippen LogP contribution is -2.25. The van der Waals surface area contributed by atoms with Gasteiger partial charge in [0, 0.05) is 28.9 Å². The smallest absolute Gasteiger partial charge is 0.219 e. The minimum absolute atomic E-state index is 0.167. The molecule has 7 rings (SSSR count). The summed E-state index contributed by atoms with van der Waals surface area (Å²) in [7, 11) is 0.941. The predicted molar refractivity (Wildman–Crippen MR) is 230 cm³/mol. The van der Waals surface area contributed by atoms with Crippen molar-refractivity contribution < 1.29 is 4.79 Å². The van der Waals surface area contributed by atoms with Crippen LogP contribution in [-0.2, 0) is 12.8 Å². The molecule has 6 aromatic heterocycles. The molecule has 0 saturated heterocycles. The fourth-order valence-electron chi connectivity index (χ4n) is 7.06. The highest BCUT2D eigenvalue weighted by molar-refractivity contribution is 7.38. The van der Waals surface area contributed by atoms with E-state index in [9.17, 15) is 4.79 Å². The summed E-state index contributed by atoms with van der Waals surface area (Å²) in [5.41, 5.74) is 5.83. The van der Waals surface area contributed by atoms with E-state index in [4.69, 9.17) is 0 Å². The molecule has 1 nitrogen and oxygen atoms in total. The van der Waals surface area contributed by atoms with Gasteiger partial charge in [0.1, 0.15) is 0 Å². The summed E-state index contributed by atoms with van der Waals surface area (Å²) in [5.74, 6) is 0.167. The van der Waals surface area contributed by atoms with Gasteiger partial charge in [0.05, 0.1) is 14.5 Å². The Morgan fingerprint density at radius 1 is 0.633 bits per heavy atom. The van der Waals surface area contributed by atoms with Crippen molar-refractivity contribution in [3.8, 4) is 19.5 Å². The summed E-state index contributed by atoms with van der Waals surface area (Å²) in [5, 5.41) is 6.47. The number of benzene rings is 1. The fourth-order valence-corrected chi connectivity index (χ4v) is 14.4. The predicted octanol–water partition coefficient (Wildman–Crippen LogP) is 13.6. The summed E-state index contributed by atoms with van der Waals surface area (Å²) in [6, 6.07) is 12.0. The zero-order valence-corrected chi connectivity index (χ0v) is 34.5. The number of ketones is 1. The molecule has 0 bridgehead atoms. The molecule has 6 heterocycles. The summed E-state index contributed by atoms with van der Waals surface area (Å²) in [6.45, 7) is 13.1. The van der Waals surface area contributed by atoms with Crippen LogP contribution in [0.25, 0.3) is 49.8 Å². The highest BCUT2D eigenvalue weighted by Gasteiger charge is 2.24. The first-order valence-electron chi connectivity index (χ1n) is 17.9. The number of aryl methyl sites for hydroxylation is 5. The zero-order chi connectivity index (χ0) is 34.2. The second kappa shape index (κ2) is 15.3. The van der Waals surface area contributed by atoms with Crippen LogP contribution in [0.2, 0.25) is 0 Å². The molecule has 8 heteroatoms. The number of rotatable bonds is 15. The van der Waals surface area contributed by atoms with Gasteiger partial charge < -0.3 is 0 Å². The maximum absolute atomic E-state index is 12.7. The highest BCUT2D eigenvalue weighted by Crippen LogP contribution is 2.47. The van der Waals surface area contributed by atoms with Gasteiger partial charge in [-0.3, -0.25) is 4.79 Å². The summed E-state index contributed by atoms with van der Waals surface area (Å²) >= 11 is 11.5. The Hall–Kier alpha value is -2.07. The lowest BCUT2D eigenvalue weighted by Gasteiger charge is -2.03. The third-order valence-electron chi connectivity index (χ3n) is 9.84. The van der Waals surface area contributed by atoms with Gasteiger partial charge in [0.15, 0.2) is 5.78 Å². The standard InChI is InChI=1S/C41H45BOS6/c1-7-9-11-13-15-27-18-33(44-22-27)34-19-28(16-14-12-10-8-2)40(48-34)42-41-31-21-32(26(6)43)46-38(31)39(49-41)35-20-30-25(5)36-29(17-23(3)45-36)24(4)37(30)47-35/h17-22,42H,7-16H2,1-6H3. The first-order valence-corrected chi connectivity index (χ1v) is 22.9. The van der Waals surface area contributed by atoms with Gasteiger partial charge in [-0.05, 0) is 137 Å². The number of carbonyl (C=O) groups is 1. The van der Waals surface area contributed by atoms with Gasteiger partial charge in [-0.15, -0.1) is 68.0 Å². The third kappa shape index (κ3) is 7.20. The van der Waals surface area contributed by atoms with E-state index in [-0.39, 0.29) is 5.78 Å². The maximum atomic E-state index is 12.7. The molecule has 0 amide bonds. The van der Waals surface area contributed by atoms with E-state index in [1.807, 2.05) is 56.7 Å². The van der Waals surface area contributed by atoms with Gasteiger partial charge in [0.2, 0.25) is 7.28 Å². The zero-order valence-electron chi connectivity index (χ0n) is 29.6. The molecular formula is C41H45BOS6. The van der Waals surface area contributed by atoms with Crippen molar-refractivity contribution in [3.63, 3.8) is 0 Å². The van der Waals surface area contributed by atoms with Crippen LogP contribution in [0.5, 0.6) is 0 Å². The number of Topliss-reactive ketones (excluding diaryl/α,β-unsaturated/α-hetero) is 1. The number of fused-ring (bicyclic) bond motifs is 3. The Kier molecular flexibility index (Phi) is 11.0. The molecule has 0 aliphatic heterocycles.